The molecule has 45 heavy (non-hydrogen) atoms. The normalized spacial score (nSPS) is 18.7. The van der Waals surface area contributed by atoms with E-state index in [2.05, 4.69) is 42.0 Å². The number of nitrogens with zero attached hydrogens (tertiary/aromatic N) is 4. The fourth-order valence-electron chi connectivity index (χ4n) is 6.52. The van der Waals surface area contributed by atoms with Gasteiger partial charge in [-0.3, -0.25) is 24.1 Å². The highest BCUT2D eigenvalue weighted by molar-refractivity contribution is 7.83. The number of fused-ring (bicyclic) bond motifs is 1. The summed E-state index contributed by atoms with van der Waals surface area (Å²) in [5.41, 5.74) is 4.18. The zero-order chi connectivity index (χ0) is 32.5. The highest BCUT2D eigenvalue weighted by Crippen LogP contribution is 2.36. The maximum Gasteiger partial charge on any atom is 0.418 e. The molecule has 11 heteroatoms. The van der Waals surface area contributed by atoms with E-state index in [1.54, 1.807) is 13.4 Å². The van der Waals surface area contributed by atoms with Crippen LogP contribution in [0.5, 0.6) is 11.6 Å². The Balaban J connectivity index is 1.30. The van der Waals surface area contributed by atoms with Gasteiger partial charge in [0.2, 0.25) is 11.8 Å². The van der Waals surface area contributed by atoms with Crippen LogP contribution in [0.2, 0.25) is 0 Å². The highest BCUT2D eigenvalue weighted by atomic mass is 32.2. The van der Waals surface area contributed by atoms with Gasteiger partial charge in [-0.1, -0.05) is 45.0 Å². The average Bonchev–Trinajstić information content (AvgIpc) is 3.55. The Morgan fingerprint density at radius 3 is 2.38 bits per heavy atom. The van der Waals surface area contributed by atoms with Gasteiger partial charge in [0.05, 0.1) is 30.1 Å². The fraction of sp³-hybridized carbons (Fsp3) is 0.529. The van der Waals surface area contributed by atoms with Crippen LogP contribution in [0.1, 0.15) is 50.3 Å². The number of aromatic nitrogens is 1. The van der Waals surface area contributed by atoms with Gasteiger partial charge in [0.1, 0.15) is 5.75 Å². The maximum atomic E-state index is 13.3. The summed E-state index contributed by atoms with van der Waals surface area (Å²) in [6, 6.07) is 11.9. The van der Waals surface area contributed by atoms with Crippen LogP contribution in [0.3, 0.4) is 0 Å². The topological polar surface area (TPSA) is 96.3 Å². The number of hydrogen-bond donors (Lipinski definition) is 1. The second kappa shape index (κ2) is 13.5. The number of methoxy groups -OCH3 is 1. The van der Waals surface area contributed by atoms with Crippen LogP contribution in [0.4, 0.5) is 10.5 Å². The summed E-state index contributed by atoms with van der Waals surface area (Å²) in [5, 5.41) is 3.86. The largest absolute Gasteiger partial charge is 0.494 e. The van der Waals surface area contributed by atoms with E-state index in [0.717, 1.165) is 79.7 Å². The number of carbonyl (C=O) groups excluding carboxylic acids is 2. The Labute approximate surface area is 269 Å². The van der Waals surface area contributed by atoms with Gasteiger partial charge in [-0.15, -0.1) is 0 Å². The smallest absolute Gasteiger partial charge is 0.418 e. The van der Waals surface area contributed by atoms with E-state index in [1.807, 2.05) is 53.9 Å². The number of rotatable bonds is 8. The molecule has 0 saturated carbocycles. The molecular formula is C34H47N5O5S. The number of hydrogen-bond acceptors (Lipinski definition) is 7. The van der Waals surface area contributed by atoms with E-state index in [1.165, 1.54) is 0 Å². The number of benzene rings is 2. The van der Waals surface area contributed by atoms with Crippen molar-refractivity contribution in [3.8, 4) is 11.6 Å². The molecule has 1 aromatic heterocycles. The van der Waals surface area contributed by atoms with E-state index in [0.29, 0.717) is 23.1 Å². The summed E-state index contributed by atoms with van der Waals surface area (Å²) in [5.74, 6) is 1.48. The third kappa shape index (κ3) is 7.37. The molecule has 244 valence electrons. The molecule has 2 amide bonds. The number of carbonyl (C=O) groups is 2. The predicted molar refractivity (Wildman–Crippen MR) is 180 cm³/mol. The maximum absolute atomic E-state index is 13.3. The number of aryl methyl sites for hydroxylation is 1. The Bertz CT molecular complexity index is 1590. The summed E-state index contributed by atoms with van der Waals surface area (Å²) in [6.07, 6.45) is 3.05. The first-order chi connectivity index (χ1) is 21.3. The van der Waals surface area contributed by atoms with Crippen molar-refractivity contribution in [2.24, 2.45) is 7.05 Å². The summed E-state index contributed by atoms with van der Waals surface area (Å²) in [7, 11) is 4.40. The van der Waals surface area contributed by atoms with E-state index in [9.17, 15) is 13.8 Å². The molecule has 2 fully saturated rings. The van der Waals surface area contributed by atoms with Crippen LogP contribution in [0.15, 0.2) is 36.4 Å². The Morgan fingerprint density at radius 2 is 1.76 bits per heavy atom. The van der Waals surface area contributed by atoms with Gasteiger partial charge in [0.25, 0.3) is 0 Å². The number of anilines is 1. The third-order valence-electron chi connectivity index (χ3n) is 9.01. The summed E-state index contributed by atoms with van der Waals surface area (Å²) in [6.45, 7) is 11.1. The fourth-order valence-corrected chi connectivity index (χ4v) is 7.17. The minimum absolute atomic E-state index is 0.0247. The Hall–Kier alpha value is -3.41. The minimum atomic E-state index is -1.09. The third-order valence-corrected chi connectivity index (χ3v) is 9.73. The quantitative estimate of drug-likeness (QED) is 0.382. The van der Waals surface area contributed by atoms with Gasteiger partial charge >= 0.3 is 6.09 Å². The van der Waals surface area contributed by atoms with Crippen molar-refractivity contribution in [2.75, 3.05) is 58.5 Å². The van der Waals surface area contributed by atoms with E-state index in [4.69, 9.17) is 9.47 Å². The van der Waals surface area contributed by atoms with E-state index >= 15 is 0 Å². The molecule has 2 saturated heterocycles. The van der Waals surface area contributed by atoms with E-state index < -0.39 is 16.9 Å². The van der Waals surface area contributed by atoms with Crippen molar-refractivity contribution in [2.45, 2.75) is 57.4 Å². The monoisotopic (exact) mass is 637 g/mol. The molecule has 3 heterocycles. The van der Waals surface area contributed by atoms with Crippen molar-refractivity contribution in [3.63, 3.8) is 0 Å². The van der Waals surface area contributed by atoms with Crippen LogP contribution >= 0.6 is 0 Å². The molecule has 5 rings (SSSR count). The minimum Gasteiger partial charge on any atom is -0.494 e. The molecule has 0 aliphatic carbocycles. The average molecular weight is 638 g/mol. The molecule has 0 bridgehead atoms. The first-order valence-corrected chi connectivity index (χ1v) is 17.4. The van der Waals surface area contributed by atoms with Crippen molar-refractivity contribution >= 4 is 39.4 Å². The van der Waals surface area contributed by atoms with Gasteiger partial charge in [-0.05, 0) is 49.0 Å². The molecule has 10 nitrogen and oxygen atoms in total. The van der Waals surface area contributed by atoms with Gasteiger partial charge in [0, 0.05) is 73.8 Å². The first-order valence-electron chi connectivity index (χ1n) is 15.6. The molecule has 2 aromatic carbocycles. The summed E-state index contributed by atoms with van der Waals surface area (Å²) < 4.78 is 25.6. The number of likely N-dealkylation sites (tertiary alicyclic amines) is 1. The van der Waals surface area contributed by atoms with Crippen LogP contribution in [-0.2, 0) is 40.4 Å². The highest BCUT2D eigenvalue weighted by Gasteiger charge is 2.33. The molecule has 1 N–H and O–H groups in total. The van der Waals surface area contributed by atoms with Crippen molar-refractivity contribution in [3.05, 3.63) is 53.1 Å². The van der Waals surface area contributed by atoms with Gasteiger partial charge in [0.15, 0.2) is 0 Å². The number of para-hydroxylation sites is 1. The molecule has 0 radical (unpaired) electrons. The molecule has 0 spiro atoms. The lowest BCUT2D eigenvalue weighted by Crippen LogP contribution is -2.52. The van der Waals surface area contributed by atoms with Gasteiger partial charge < -0.3 is 18.9 Å². The van der Waals surface area contributed by atoms with Crippen LogP contribution in [0, 0.1) is 0 Å². The van der Waals surface area contributed by atoms with Crippen LogP contribution in [0.25, 0.3) is 10.9 Å². The first kappa shape index (κ1) is 33.0. The molecule has 2 aliphatic heterocycles. The molecule has 2 aliphatic rings. The lowest BCUT2D eigenvalue weighted by Gasteiger charge is -2.37. The molecular weight excluding hydrogens is 590 g/mol. The Morgan fingerprint density at radius 1 is 1.02 bits per heavy atom. The second-order valence-electron chi connectivity index (χ2n) is 13.3. The number of amides is 2. The number of piperazine rings is 1. The second-order valence-corrected chi connectivity index (χ2v) is 14.8. The zero-order valence-electron chi connectivity index (χ0n) is 27.6. The lowest BCUT2D eigenvalue weighted by atomic mass is 9.85. The van der Waals surface area contributed by atoms with Crippen molar-refractivity contribution in [1.29, 1.82) is 0 Å². The van der Waals surface area contributed by atoms with Crippen molar-refractivity contribution < 1.29 is 23.3 Å². The zero-order valence-corrected chi connectivity index (χ0v) is 28.5. The SMILES string of the molecule is COc1c(CS(C)=O)cc(C(C)(C)C)cc1NC(=O)Oc1cc2cccc(CN3CCN(C(=O)[C@@H]4CCCN4C)CC3)c2n1C. The summed E-state index contributed by atoms with van der Waals surface area (Å²) in [4.78, 5) is 32.9. The van der Waals surface area contributed by atoms with Gasteiger partial charge in [-0.25, -0.2) is 4.79 Å². The standard InChI is InChI=1S/C34H47N5O5S/c1-34(2,3)26-18-25(22-45(7)42)31(43-6)27(20-26)35-33(41)44-29-19-23-10-8-11-24(30(23)37(29)5)21-38-14-16-39(17-15-38)32(40)28-12-9-13-36(28)4/h8,10-11,18-20,28H,9,12-17,21-22H2,1-7H3,(H,35,41)/t28-,45?/m0/s1. The molecule has 3 aromatic rings. The number of ether oxygens (including phenoxy) is 2. The van der Waals surface area contributed by atoms with Gasteiger partial charge in [-0.2, -0.15) is 0 Å². The summed E-state index contributed by atoms with van der Waals surface area (Å²) >= 11 is 0. The predicted octanol–water partition coefficient (Wildman–Crippen LogP) is 4.71. The number of nitrogens with one attached hydrogen (secondary N) is 1. The molecule has 1 unspecified atom stereocenters. The van der Waals surface area contributed by atoms with E-state index in [-0.39, 0.29) is 17.4 Å². The van der Waals surface area contributed by atoms with Crippen molar-refractivity contribution in [1.82, 2.24) is 19.3 Å². The van der Waals surface area contributed by atoms with Crippen LogP contribution in [-0.4, -0.2) is 94.7 Å². The Kier molecular flexibility index (Phi) is 9.91. The number of likely N-dealkylation sites (N-methyl/N-ethyl adjacent to an activating group) is 1. The van der Waals surface area contributed by atoms with Crippen LogP contribution < -0.4 is 14.8 Å². The molecule has 2 atom stereocenters. The lowest BCUT2D eigenvalue weighted by molar-refractivity contribution is -0.137.